The number of nitrogens with zero attached hydrogens (tertiary/aromatic N) is 2. The van der Waals surface area contributed by atoms with Crippen molar-refractivity contribution in [1.29, 1.82) is 0 Å². The third kappa shape index (κ3) is 3.75. The number of anilines is 1. The number of aliphatic hydroxyl groups is 1. The maximum atomic E-state index is 10.6. The Kier molecular flexibility index (Phi) is 4.88. The molecule has 0 bridgehead atoms. The summed E-state index contributed by atoms with van der Waals surface area (Å²) in [6.45, 7) is 1.84. The third-order valence-corrected chi connectivity index (χ3v) is 3.56. The van der Waals surface area contributed by atoms with Crippen molar-refractivity contribution in [3.63, 3.8) is 0 Å². The molecular weight excluding hydrogens is 313 g/mol. The van der Waals surface area contributed by atoms with Crippen LogP contribution in [0, 0.1) is 0 Å². The largest absolute Gasteiger partial charge is 0.467 e. The number of halogens is 2. The molecule has 0 amide bonds. The van der Waals surface area contributed by atoms with E-state index in [2.05, 4.69) is 15.3 Å². The minimum atomic E-state index is -1.18. The molecule has 0 aliphatic heterocycles. The highest BCUT2D eigenvalue weighted by atomic mass is 35.5. The van der Waals surface area contributed by atoms with Gasteiger partial charge in [-0.3, -0.25) is 0 Å². The molecule has 1 atom stereocenters. The van der Waals surface area contributed by atoms with Gasteiger partial charge in [-0.25, -0.2) is 4.98 Å². The number of rotatable bonds is 5. The molecular formula is C14H15Cl2N3O2. The van der Waals surface area contributed by atoms with Gasteiger partial charge in [-0.2, -0.15) is 4.98 Å². The van der Waals surface area contributed by atoms with Gasteiger partial charge in [0.25, 0.3) is 0 Å². The van der Waals surface area contributed by atoms with Gasteiger partial charge in [0.2, 0.25) is 0 Å². The van der Waals surface area contributed by atoms with Crippen LogP contribution >= 0.6 is 23.2 Å². The Bertz CT molecular complexity index is 635. The Morgan fingerprint density at radius 1 is 1.29 bits per heavy atom. The van der Waals surface area contributed by atoms with Crippen LogP contribution in [0.25, 0.3) is 0 Å². The Morgan fingerprint density at radius 3 is 2.67 bits per heavy atom. The Morgan fingerprint density at radius 2 is 2.00 bits per heavy atom. The van der Waals surface area contributed by atoms with Crippen LogP contribution in [0.1, 0.15) is 12.5 Å². The van der Waals surface area contributed by atoms with Crippen molar-refractivity contribution in [3.05, 3.63) is 46.1 Å². The second-order valence-electron chi connectivity index (χ2n) is 4.66. The number of aromatic nitrogens is 2. The van der Waals surface area contributed by atoms with Crippen molar-refractivity contribution in [2.24, 2.45) is 0 Å². The predicted octanol–water partition coefficient (Wildman–Crippen LogP) is 3.11. The van der Waals surface area contributed by atoms with Crippen LogP contribution in [0.5, 0.6) is 6.01 Å². The first-order chi connectivity index (χ1) is 9.94. The zero-order chi connectivity index (χ0) is 15.5. The van der Waals surface area contributed by atoms with Crippen molar-refractivity contribution in [2.75, 3.05) is 19.0 Å². The van der Waals surface area contributed by atoms with Crippen LogP contribution in [0.3, 0.4) is 0 Å². The predicted molar refractivity (Wildman–Crippen MR) is 83.1 cm³/mol. The van der Waals surface area contributed by atoms with Crippen LogP contribution in [-0.2, 0) is 5.60 Å². The molecule has 0 saturated carbocycles. The maximum absolute atomic E-state index is 10.6. The van der Waals surface area contributed by atoms with Crippen LogP contribution in [0.15, 0.2) is 30.5 Å². The van der Waals surface area contributed by atoms with Gasteiger partial charge in [-0.15, -0.1) is 0 Å². The second kappa shape index (κ2) is 6.47. The summed E-state index contributed by atoms with van der Waals surface area (Å²) in [5.41, 5.74) is -0.559. The van der Waals surface area contributed by atoms with E-state index in [0.29, 0.717) is 21.4 Å². The molecule has 1 unspecified atom stereocenters. The number of nitrogens with one attached hydrogen (secondary N) is 1. The van der Waals surface area contributed by atoms with Gasteiger partial charge in [-0.05, 0) is 13.0 Å². The van der Waals surface area contributed by atoms with Crippen molar-refractivity contribution >= 4 is 29.0 Å². The van der Waals surface area contributed by atoms with Crippen molar-refractivity contribution < 1.29 is 9.84 Å². The molecule has 1 heterocycles. The summed E-state index contributed by atoms with van der Waals surface area (Å²) in [7, 11) is 1.47. The first-order valence-electron chi connectivity index (χ1n) is 6.22. The highest BCUT2D eigenvalue weighted by molar-refractivity contribution is 6.32. The molecule has 0 radical (unpaired) electrons. The zero-order valence-electron chi connectivity index (χ0n) is 11.6. The molecule has 5 nitrogen and oxygen atoms in total. The molecule has 112 valence electrons. The SMILES string of the molecule is COc1ncc(Cl)c(NCC(C)(O)c2ccccc2Cl)n1. The molecule has 7 heteroatoms. The molecule has 1 aromatic carbocycles. The number of benzene rings is 1. The summed E-state index contributed by atoms with van der Waals surface area (Å²) in [5, 5.41) is 14.4. The first-order valence-corrected chi connectivity index (χ1v) is 6.97. The van der Waals surface area contributed by atoms with Gasteiger partial charge < -0.3 is 15.2 Å². The molecule has 0 aliphatic carbocycles. The molecule has 2 N–H and O–H groups in total. The smallest absolute Gasteiger partial charge is 0.318 e. The van der Waals surface area contributed by atoms with E-state index in [1.54, 1.807) is 19.1 Å². The topological polar surface area (TPSA) is 67.3 Å². The van der Waals surface area contributed by atoms with E-state index in [-0.39, 0.29) is 12.6 Å². The molecule has 0 spiro atoms. The highest BCUT2D eigenvalue weighted by Gasteiger charge is 2.25. The fourth-order valence-corrected chi connectivity index (χ4v) is 2.32. The number of hydrogen-bond acceptors (Lipinski definition) is 5. The molecule has 2 aromatic rings. The zero-order valence-corrected chi connectivity index (χ0v) is 13.1. The lowest BCUT2D eigenvalue weighted by molar-refractivity contribution is 0.0715. The fraction of sp³-hybridized carbons (Fsp3) is 0.286. The van der Waals surface area contributed by atoms with Crippen LogP contribution in [0.4, 0.5) is 5.82 Å². The van der Waals surface area contributed by atoms with E-state index in [4.69, 9.17) is 27.9 Å². The monoisotopic (exact) mass is 327 g/mol. The maximum Gasteiger partial charge on any atom is 0.318 e. The number of methoxy groups -OCH3 is 1. The lowest BCUT2D eigenvalue weighted by Crippen LogP contribution is -2.31. The number of ether oxygens (including phenoxy) is 1. The summed E-state index contributed by atoms with van der Waals surface area (Å²) in [4.78, 5) is 7.97. The van der Waals surface area contributed by atoms with E-state index in [1.165, 1.54) is 13.3 Å². The fourth-order valence-electron chi connectivity index (χ4n) is 1.82. The van der Waals surface area contributed by atoms with Crippen LogP contribution < -0.4 is 10.1 Å². The van der Waals surface area contributed by atoms with Crippen molar-refractivity contribution in [2.45, 2.75) is 12.5 Å². The normalized spacial score (nSPS) is 13.6. The average molecular weight is 328 g/mol. The molecule has 1 aromatic heterocycles. The van der Waals surface area contributed by atoms with E-state index >= 15 is 0 Å². The summed E-state index contributed by atoms with van der Waals surface area (Å²) in [6, 6.07) is 7.31. The molecule has 21 heavy (non-hydrogen) atoms. The third-order valence-electron chi connectivity index (χ3n) is 2.96. The molecule has 0 aliphatic rings. The van der Waals surface area contributed by atoms with Crippen molar-refractivity contribution in [3.8, 4) is 6.01 Å². The minimum absolute atomic E-state index is 0.177. The lowest BCUT2D eigenvalue weighted by atomic mass is 9.96. The standard InChI is InChI=1S/C14H15Cl2N3O2/c1-14(20,9-5-3-4-6-10(9)15)8-18-12-11(16)7-17-13(19-12)21-2/h3-7,20H,8H2,1-2H3,(H,17,18,19). The Balaban J connectivity index is 2.17. The van der Waals surface area contributed by atoms with E-state index in [9.17, 15) is 5.11 Å². The number of hydrogen-bond donors (Lipinski definition) is 2. The summed E-state index contributed by atoms with van der Waals surface area (Å²) in [6.07, 6.45) is 1.43. The summed E-state index contributed by atoms with van der Waals surface area (Å²) < 4.78 is 4.94. The average Bonchev–Trinajstić information content (AvgIpc) is 2.47. The molecule has 0 fully saturated rings. The van der Waals surface area contributed by atoms with Gasteiger partial charge in [0.15, 0.2) is 5.82 Å². The van der Waals surface area contributed by atoms with Gasteiger partial charge >= 0.3 is 6.01 Å². The Hall–Kier alpha value is -1.56. The van der Waals surface area contributed by atoms with Gasteiger partial charge in [-0.1, -0.05) is 41.4 Å². The van der Waals surface area contributed by atoms with E-state index < -0.39 is 5.60 Å². The van der Waals surface area contributed by atoms with Crippen molar-refractivity contribution in [1.82, 2.24) is 9.97 Å². The first kappa shape index (κ1) is 15.8. The minimum Gasteiger partial charge on any atom is -0.467 e. The van der Waals surface area contributed by atoms with E-state index in [0.717, 1.165) is 0 Å². The van der Waals surface area contributed by atoms with Crippen LogP contribution in [-0.4, -0.2) is 28.7 Å². The van der Waals surface area contributed by atoms with Crippen LogP contribution in [0.2, 0.25) is 10.0 Å². The molecule has 0 saturated heterocycles. The summed E-state index contributed by atoms with van der Waals surface area (Å²) >= 11 is 12.1. The van der Waals surface area contributed by atoms with Gasteiger partial charge in [0.05, 0.1) is 13.3 Å². The quantitative estimate of drug-likeness (QED) is 0.883. The highest BCUT2D eigenvalue weighted by Crippen LogP contribution is 2.29. The molecule has 2 rings (SSSR count). The Labute approximate surface area is 132 Å². The van der Waals surface area contributed by atoms with E-state index in [1.807, 2.05) is 12.1 Å². The van der Waals surface area contributed by atoms with Gasteiger partial charge in [0, 0.05) is 17.1 Å². The summed E-state index contributed by atoms with van der Waals surface area (Å²) in [5.74, 6) is 0.385. The lowest BCUT2D eigenvalue weighted by Gasteiger charge is -2.25. The van der Waals surface area contributed by atoms with Gasteiger partial charge in [0.1, 0.15) is 10.6 Å². The second-order valence-corrected chi connectivity index (χ2v) is 5.47.